The largest absolute Gasteiger partial charge is 0.383 e. The fourth-order valence-corrected chi connectivity index (χ4v) is 4.97. The van der Waals surface area contributed by atoms with E-state index in [0.717, 1.165) is 22.2 Å². The smallest absolute Gasteiger partial charge is 0.241 e. The highest BCUT2D eigenvalue weighted by Crippen LogP contribution is 2.31. The Morgan fingerprint density at radius 1 is 1.22 bits per heavy atom. The third-order valence-corrected chi connectivity index (χ3v) is 6.74. The number of nitrogens with zero attached hydrogens (tertiary/aromatic N) is 4. The average molecular weight is 452 g/mol. The number of aromatic nitrogens is 4. The highest BCUT2D eigenvalue weighted by Gasteiger charge is 2.25. The number of fused-ring (bicyclic) bond motifs is 2. The van der Waals surface area contributed by atoms with Gasteiger partial charge < -0.3 is 15.0 Å². The predicted molar refractivity (Wildman–Crippen MR) is 121 cm³/mol. The third kappa shape index (κ3) is 3.77. The van der Waals surface area contributed by atoms with E-state index in [1.54, 1.807) is 31.6 Å². The van der Waals surface area contributed by atoms with Crippen LogP contribution < -0.4 is 14.9 Å². The van der Waals surface area contributed by atoms with Crippen LogP contribution in [0.15, 0.2) is 59.8 Å². The van der Waals surface area contributed by atoms with Gasteiger partial charge in [0, 0.05) is 37.5 Å². The van der Waals surface area contributed by atoms with Crippen molar-refractivity contribution in [2.75, 3.05) is 30.5 Å². The maximum absolute atomic E-state index is 12.1. The van der Waals surface area contributed by atoms with Crippen LogP contribution in [0, 0.1) is 0 Å². The molecule has 5 rings (SSSR count). The van der Waals surface area contributed by atoms with Crippen LogP contribution in [-0.4, -0.2) is 48.8 Å². The van der Waals surface area contributed by atoms with E-state index < -0.39 is 10.0 Å². The molecule has 1 aliphatic rings. The van der Waals surface area contributed by atoms with Crippen LogP contribution in [0.3, 0.4) is 0 Å². The lowest BCUT2D eigenvalue weighted by molar-refractivity contribution is 0.207. The molecule has 0 aliphatic carbocycles. The van der Waals surface area contributed by atoms with E-state index in [0.29, 0.717) is 37.1 Å². The number of H-pyrrole nitrogens is 1. The molecule has 0 radical (unpaired) electrons. The zero-order chi connectivity index (χ0) is 22.1. The van der Waals surface area contributed by atoms with Gasteiger partial charge in [-0.2, -0.15) is 10.1 Å². The van der Waals surface area contributed by atoms with Gasteiger partial charge in [0.15, 0.2) is 0 Å². The lowest BCUT2D eigenvalue weighted by atomic mass is 10.2. The molecule has 0 saturated heterocycles. The Hall–Kier alpha value is -3.54. The number of rotatable bonds is 7. The molecule has 0 fully saturated rings. The molecule has 0 bridgehead atoms. The zero-order valence-corrected chi connectivity index (χ0v) is 18.1. The summed E-state index contributed by atoms with van der Waals surface area (Å²) in [5, 5.41) is 11.2. The van der Waals surface area contributed by atoms with Crippen molar-refractivity contribution in [1.82, 2.24) is 24.9 Å². The molecule has 0 spiro atoms. The maximum atomic E-state index is 12.1. The minimum absolute atomic E-state index is 0.270. The summed E-state index contributed by atoms with van der Waals surface area (Å²) in [7, 11) is -1.81. The SMILES string of the molecule is COCCN(c1ccnc(Nc2ccc3c(c2)S(=O)(=O)NC3)n1)c1cccc2[nH]ncc12. The summed E-state index contributed by atoms with van der Waals surface area (Å²) >= 11 is 0. The quantitative estimate of drug-likeness (QED) is 0.392. The standard InChI is InChI=1S/C21H21N7O3S/c1-31-10-9-28(18-4-2-3-17-16(18)13-23-27-17)20-7-8-22-21(26-20)25-15-6-5-14-12-24-32(29,30)19(14)11-15/h2-8,11,13,24H,9-10,12H2,1H3,(H,23,27)(H,22,25,26). The van der Waals surface area contributed by atoms with Crippen molar-refractivity contribution < 1.29 is 13.2 Å². The fraction of sp³-hybridized carbons (Fsp3) is 0.190. The van der Waals surface area contributed by atoms with Gasteiger partial charge in [-0.25, -0.2) is 18.1 Å². The molecule has 4 aromatic rings. The normalized spacial score (nSPS) is 14.4. The van der Waals surface area contributed by atoms with Gasteiger partial charge in [-0.15, -0.1) is 0 Å². The molecule has 0 atom stereocenters. The Morgan fingerprint density at radius 3 is 3.00 bits per heavy atom. The number of anilines is 4. The lowest BCUT2D eigenvalue weighted by Crippen LogP contribution is -2.23. The van der Waals surface area contributed by atoms with Gasteiger partial charge in [0.2, 0.25) is 16.0 Å². The van der Waals surface area contributed by atoms with E-state index >= 15 is 0 Å². The minimum atomic E-state index is -3.47. The summed E-state index contributed by atoms with van der Waals surface area (Å²) in [5.74, 6) is 1.02. The Bertz CT molecular complexity index is 1390. The molecule has 11 heteroatoms. The van der Waals surface area contributed by atoms with Gasteiger partial charge in [-0.1, -0.05) is 12.1 Å². The van der Waals surface area contributed by atoms with E-state index in [2.05, 4.69) is 30.2 Å². The Balaban J connectivity index is 1.49. The number of ether oxygens (including phenoxy) is 1. The van der Waals surface area contributed by atoms with Crippen LogP contribution in [0.25, 0.3) is 10.9 Å². The summed E-state index contributed by atoms with van der Waals surface area (Å²) in [4.78, 5) is 11.3. The highest BCUT2D eigenvalue weighted by molar-refractivity contribution is 7.89. The van der Waals surface area contributed by atoms with Crippen molar-refractivity contribution in [3.63, 3.8) is 0 Å². The van der Waals surface area contributed by atoms with E-state index in [9.17, 15) is 8.42 Å². The van der Waals surface area contributed by atoms with Gasteiger partial charge >= 0.3 is 0 Å². The fourth-order valence-electron chi connectivity index (χ4n) is 3.70. The summed E-state index contributed by atoms with van der Waals surface area (Å²) in [6.45, 7) is 1.37. The minimum Gasteiger partial charge on any atom is -0.383 e. The number of methoxy groups -OCH3 is 1. The first-order valence-corrected chi connectivity index (χ1v) is 11.4. The van der Waals surface area contributed by atoms with Crippen LogP contribution in [0.2, 0.25) is 0 Å². The number of hydrogen-bond donors (Lipinski definition) is 3. The van der Waals surface area contributed by atoms with Gasteiger partial charge in [0.05, 0.1) is 28.9 Å². The number of benzene rings is 2. The number of aromatic amines is 1. The second-order valence-corrected chi connectivity index (χ2v) is 9.00. The van der Waals surface area contributed by atoms with Crippen molar-refractivity contribution in [1.29, 1.82) is 0 Å². The van der Waals surface area contributed by atoms with Crippen molar-refractivity contribution in [2.45, 2.75) is 11.4 Å². The molecule has 10 nitrogen and oxygen atoms in total. The molecule has 1 aliphatic heterocycles. The molecule has 32 heavy (non-hydrogen) atoms. The molecule has 0 unspecified atom stereocenters. The molecular weight excluding hydrogens is 430 g/mol. The van der Waals surface area contributed by atoms with E-state index in [-0.39, 0.29) is 4.90 Å². The van der Waals surface area contributed by atoms with Gasteiger partial charge in [-0.05, 0) is 35.9 Å². The van der Waals surface area contributed by atoms with Crippen molar-refractivity contribution in [3.05, 3.63) is 60.4 Å². The van der Waals surface area contributed by atoms with E-state index in [1.807, 2.05) is 35.2 Å². The summed E-state index contributed by atoms with van der Waals surface area (Å²) in [5.41, 5.74) is 3.19. The first-order chi connectivity index (χ1) is 15.5. The summed E-state index contributed by atoms with van der Waals surface area (Å²) in [6.07, 6.45) is 3.44. The molecular formula is C21H21N7O3S. The van der Waals surface area contributed by atoms with Crippen LogP contribution in [0.1, 0.15) is 5.56 Å². The van der Waals surface area contributed by atoms with E-state index in [1.165, 1.54) is 0 Å². The average Bonchev–Trinajstić information content (AvgIpc) is 3.39. The first kappa shape index (κ1) is 20.4. The Kier molecular flexibility index (Phi) is 5.21. The van der Waals surface area contributed by atoms with Crippen LogP contribution >= 0.6 is 0 Å². The Morgan fingerprint density at radius 2 is 2.12 bits per heavy atom. The second kappa shape index (κ2) is 8.19. The van der Waals surface area contributed by atoms with Crippen LogP contribution in [-0.2, 0) is 21.3 Å². The van der Waals surface area contributed by atoms with E-state index in [4.69, 9.17) is 4.74 Å². The van der Waals surface area contributed by atoms with Crippen LogP contribution in [0.4, 0.5) is 23.1 Å². The molecule has 0 saturated carbocycles. The molecule has 0 amide bonds. The molecule has 3 heterocycles. The zero-order valence-electron chi connectivity index (χ0n) is 17.2. The third-order valence-electron chi connectivity index (χ3n) is 5.25. The Labute approximate surface area is 184 Å². The number of nitrogens with one attached hydrogen (secondary N) is 3. The second-order valence-electron chi connectivity index (χ2n) is 7.26. The van der Waals surface area contributed by atoms with Crippen molar-refractivity contribution in [2.24, 2.45) is 0 Å². The molecule has 2 aromatic heterocycles. The van der Waals surface area contributed by atoms with Crippen LogP contribution in [0.5, 0.6) is 0 Å². The van der Waals surface area contributed by atoms with Crippen molar-refractivity contribution in [3.8, 4) is 0 Å². The molecule has 164 valence electrons. The molecule has 3 N–H and O–H groups in total. The molecule has 2 aromatic carbocycles. The monoisotopic (exact) mass is 451 g/mol. The van der Waals surface area contributed by atoms with Gasteiger partial charge in [0.25, 0.3) is 0 Å². The van der Waals surface area contributed by atoms with Gasteiger partial charge in [-0.3, -0.25) is 5.10 Å². The lowest BCUT2D eigenvalue weighted by Gasteiger charge is -2.24. The highest BCUT2D eigenvalue weighted by atomic mass is 32.2. The number of hydrogen-bond acceptors (Lipinski definition) is 8. The topological polar surface area (TPSA) is 125 Å². The number of sulfonamides is 1. The van der Waals surface area contributed by atoms with Crippen molar-refractivity contribution >= 4 is 44.1 Å². The first-order valence-electron chi connectivity index (χ1n) is 9.96. The predicted octanol–water partition coefficient (Wildman–Crippen LogP) is 2.67. The van der Waals surface area contributed by atoms with Gasteiger partial charge in [0.1, 0.15) is 5.82 Å². The maximum Gasteiger partial charge on any atom is 0.241 e. The summed E-state index contributed by atoms with van der Waals surface area (Å²) < 4.78 is 32.1. The summed E-state index contributed by atoms with van der Waals surface area (Å²) in [6, 6.07) is 12.9.